The summed E-state index contributed by atoms with van der Waals surface area (Å²) in [7, 11) is 0. The maximum atomic E-state index is 6.55. The lowest BCUT2D eigenvalue weighted by atomic mass is 9.76. The van der Waals surface area contributed by atoms with E-state index in [-0.39, 0.29) is 6.04 Å². The van der Waals surface area contributed by atoms with E-state index in [4.69, 9.17) is 5.73 Å². The van der Waals surface area contributed by atoms with Crippen LogP contribution in [0, 0.1) is 32.6 Å². The second kappa shape index (κ2) is 5.44. The average molecular weight is 245 g/mol. The van der Waals surface area contributed by atoms with E-state index in [0.717, 1.165) is 5.92 Å². The molecule has 18 heavy (non-hydrogen) atoms. The molecule has 0 bridgehead atoms. The van der Waals surface area contributed by atoms with Crippen molar-refractivity contribution in [1.29, 1.82) is 0 Å². The van der Waals surface area contributed by atoms with Gasteiger partial charge >= 0.3 is 0 Å². The van der Waals surface area contributed by atoms with Crippen LogP contribution in [0.1, 0.15) is 60.9 Å². The molecule has 0 heterocycles. The molecule has 1 aliphatic carbocycles. The standard InChI is InChI=1S/C17H27N/c1-11-6-5-7-15(8-11)17(18)16-10-13(3)12(2)9-14(16)4/h9-11,15,17H,5-8,18H2,1-4H3. The van der Waals surface area contributed by atoms with Gasteiger partial charge in [0.15, 0.2) is 0 Å². The lowest BCUT2D eigenvalue weighted by Crippen LogP contribution is -2.27. The molecule has 1 nitrogen and oxygen atoms in total. The molecule has 0 aliphatic heterocycles. The minimum absolute atomic E-state index is 0.229. The fraction of sp³-hybridized carbons (Fsp3) is 0.647. The molecule has 100 valence electrons. The second-order valence-corrected chi connectivity index (χ2v) is 6.35. The Balaban J connectivity index is 2.22. The highest BCUT2D eigenvalue weighted by atomic mass is 14.7. The van der Waals surface area contributed by atoms with E-state index < -0.39 is 0 Å². The van der Waals surface area contributed by atoms with Crippen LogP contribution in [0.3, 0.4) is 0 Å². The van der Waals surface area contributed by atoms with Gasteiger partial charge < -0.3 is 5.73 Å². The Morgan fingerprint density at radius 3 is 2.39 bits per heavy atom. The Kier molecular flexibility index (Phi) is 4.11. The smallest absolute Gasteiger partial charge is 0.0326 e. The number of nitrogens with two attached hydrogens (primary N) is 1. The molecule has 3 atom stereocenters. The minimum atomic E-state index is 0.229. The summed E-state index contributed by atoms with van der Waals surface area (Å²) in [4.78, 5) is 0. The van der Waals surface area contributed by atoms with Crippen LogP contribution in [0.2, 0.25) is 0 Å². The first-order valence-electron chi connectivity index (χ1n) is 7.32. The first-order chi connectivity index (χ1) is 8.49. The molecule has 1 aromatic rings. The Bertz CT molecular complexity index is 422. The molecule has 0 saturated heterocycles. The van der Waals surface area contributed by atoms with Crippen molar-refractivity contribution in [1.82, 2.24) is 0 Å². The summed E-state index contributed by atoms with van der Waals surface area (Å²) in [5, 5.41) is 0. The van der Waals surface area contributed by atoms with Gasteiger partial charge in [-0.2, -0.15) is 0 Å². The number of hydrogen-bond acceptors (Lipinski definition) is 1. The lowest BCUT2D eigenvalue weighted by Gasteiger charge is -2.32. The van der Waals surface area contributed by atoms with Crippen LogP contribution in [0.5, 0.6) is 0 Å². The van der Waals surface area contributed by atoms with E-state index >= 15 is 0 Å². The van der Waals surface area contributed by atoms with Crippen LogP contribution in [-0.4, -0.2) is 0 Å². The molecule has 1 aromatic carbocycles. The molecule has 0 amide bonds. The topological polar surface area (TPSA) is 26.0 Å². The van der Waals surface area contributed by atoms with Crippen LogP contribution in [0.15, 0.2) is 12.1 Å². The summed E-state index contributed by atoms with van der Waals surface area (Å²) in [6.45, 7) is 8.94. The van der Waals surface area contributed by atoms with Crippen molar-refractivity contribution >= 4 is 0 Å². The van der Waals surface area contributed by atoms with Crippen LogP contribution in [-0.2, 0) is 0 Å². The normalized spacial score (nSPS) is 26.1. The third-order valence-corrected chi connectivity index (χ3v) is 4.73. The summed E-state index contributed by atoms with van der Waals surface area (Å²) in [5.41, 5.74) is 12.0. The molecule has 1 aliphatic rings. The van der Waals surface area contributed by atoms with Crippen molar-refractivity contribution in [3.63, 3.8) is 0 Å². The van der Waals surface area contributed by atoms with Crippen LogP contribution in [0.4, 0.5) is 0 Å². The molecule has 1 heteroatoms. The van der Waals surface area contributed by atoms with Gasteiger partial charge in [-0.05, 0) is 67.7 Å². The monoisotopic (exact) mass is 245 g/mol. The summed E-state index contributed by atoms with van der Waals surface area (Å²) in [5.74, 6) is 1.52. The van der Waals surface area contributed by atoms with Crippen molar-refractivity contribution in [3.8, 4) is 0 Å². The summed E-state index contributed by atoms with van der Waals surface area (Å²) < 4.78 is 0. The van der Waals surface area contributed by atoms with Crippen molar-refractivity contribution in [2.45, 2.75) is 59.4 Å². The van der Waals surface area contributed by atoms with Gasteiger partial charge in [0.05, 0.1) is 0 Å². The summed E-state index contributed by atoms with van der Waals surface area (Å²) in [6.07, 6.45) is 5.34. The Morgan fingerprint density at radius 2 is 1.72 bits per heavy atom. The molecular weight excluding hydrogens is 218 g/mol. The average Bonchev–Trinajstić information content (AvgIpc) is 2.33. The zero-order valence-electron chi connectivity index (χ0n) is 12.3. The number of aryl methyl sites for hydroxylation is 3. The first-order valence-corrected chi connectivity index (χ1v) is 7.32. The fourth-order valence-electron chi connectivity index (χ4n) is 3.40. The van der Waals surface area contributed by atoms with Crippen molar-refractivity contribution in [3.05, 3.63) is 34.4 Å². The first kappa shape index (κ1) is 13.6. The van der Waals surface area contributed by atoms with Crippen LogP contribution >= 0.6 is 0 Å². The van der Waals surface area contributed by atoms with Crippen LogP contribution < -0.4 is 5.73 Å². The number of hydrogen-bond donors (Lipinski definition) is 1. The molecule has 3 unspecified atom stereocenters. The maximum absolute atomic E-state index is 6.55. The predicted molar refractivity (Wildman–Crippen MR) is 78.7 cm³/mol. The van der Waals surface area contributed by atoms with Gasteiger partial charge in [-0.25, -0.2) is 0 Å². The maximum Gasteiger partial charge on any atom is 0.0326 e. The second-order valence-electron chi connectivity index (χ2n) is 6.35. The summed E-state index contributed by atoms with van der Waals surface area (Å²) in [6, 6.07) is 4.83. The largest absolute Gasteiger partial charge is 0.324 e. The molecular formula is C17H27N. The molecule has 0 spiro atoms. The van der Waals surface area contributed by atoms with Crippen LogP contribution in [0.25, 0.3) is 0 Å². The van der Waals surface area contributed by atoms with Crippen molar-refractivity contribution in [2.24, 2.45) is 17.6 Å². The molecule has 0 radical (unpaired) electrons. The van der Waals surface area contributed by atoms with Gasteiger partial charge in [0.1, 0.15) is 0 Å². The predicted octanol–water partition coefficient (Wildman–Crippen LogP) is 4.44. The molecule has 1 saturated carbocycles. The number of benzene rings is 1. The third kappa shape index (κ3) is 2.77. The highest BCUT2D eigenvalue weighted by Gasteiger charge is 2.26. The zero-order valence-corrected chi connectivity index (χ0v) is 12.3. The minimum Gasteiger partial charge on any atom is -0.324 e. The molecule has 2 rings (SSSR count). The van der Waals surface area contributed by atoms with Gasteiger partial charge in [0, 0.05) is 6.04 Å². The molecule has 2 N–H and O–H groups in total. The quantitative estimate of drug-likeness (QED) is 0.819. The van der Waals surface area contributed by atoms with Crippen molar-refractivity contribution in [2.75, 3.05) is 0 Å². The van der Waals surface area contributed by atoms with E-state index in [1.165, 1.54) is 47.9 Å². The Labute approximate surface area is 112 Å². The highest BCUT2D eigenvalue weighted by Crippen LogP contribution is 2.37. The SMILES string of the molecule is Cc1cc(C)c(C(N)C2CCCC(C)C2)cc1C. The van der Waals surface area contributed by atoms with Gasteiger partial charge in [0.2, 0.25) is 0 Å². The molecule has 1 fully saturated rings. The molecule has 0 aromatic heterocycles. The number of rotatable bonds is 2. The Morgan fingerprint density at radius 1 is 1.06 bits per heavy atom. The highest BCUT2D eigenvalue weighted by molar-refractivity contribution is 5.38. The Hall–Kier alpha value is -0.820. The van der Waals surface area contributed by atoms with E-state index in [1.54, 1.807) is 0 Å². The van der Waals surface area contributed by atoms with Gasteiger partial charge in [-0.1, -0.05) is 31.9 Å². The lowest BCUT2D eigenvalue weighted by molar-refractivity contribution is 0.247. The van der Waals surface area contributed by atoms with E-state index in [1.807, 2.05) is 0 Å². The van der Waals surface area contributed by atoms with E-state index in [9.17, 15) is 0 Å². The van der Waals surface area contributed by atoms with Crippen molar-refractivity contribution < 1.29 is 0 Å². The zero-order chi connectivity index (χ0) is 13.3. The fourth-order valence-corrected chi connectivity index (χ4v) is 3.40. The van der Waals surface area contributed by atoms with Gasteiger partial charge in [-0.3, -0.25) is 0 Å². The van der Waals surface area contributed by atoms with E-state index in [0.29, 0.717) is 5.92 Å². The van der Waals surface area contributed by atoms with Gasteiger partial charge in [-0.15, -0.1) is 0 Å². The van der Waals surface area contributed by atoms with Gasteiger partial charge in [0.25, 0.3) is 0 Å². The summed E-state index contributed by atoms with van der Waals surface area (Å²) >= 11 is 0. The third-order valence-electron chi connectivity index (χ3n) is 4.73. The van der Waals surface area contributed by atoms with E-state index in [2.05, 4.69) is 39.8 Å².